The van der Waals surface area contributed by atoms with Gasteiger partial charge in [0.2, 0.25) is 0 Å². The van der Waals surface area contributed by atoms with E-state index in [1.54, 1.807) is 12.1 Å². The number of hydroxylamine groups is 2. The van der Waals surface area contributed by atoms with E-state index in [0.717, 1.165) is 5.56 Å². The summed E-state index contributed by atoms with van der Waals surface area (Å²) < 4.78 is 0. The maximum Gasteiger partial charge on any atom is 0.338 e. The number of nitrogens with two attached hydrogens (primary N) is 1. The van der Waals surface area contributed by atoms with Crippen LogP contribution in [0.25, 0.3) is 0 Å². The maximum atomic E-state index is 11.7. The van der Waals surface area contributed by atoms with Gasteiger partial charge in [-0.1, -0.05) is 18.2 Å². The number of rotatable bonds is 4. The lowest BCUT2D eigenvalue weighted by molar-refractivity contribution is -0.0376. The highest BCUT2D eigenvalue weighted by atomic mass is 16.5. The molecule has 1 aromatic rings. The maximum absolute atomic E-state index is 11.7. The number of nitrogens with one attached hydrogen (secondary N) is 1. The monoisotopic (exact) mass is 237 g/mol. The van der Waals surface area contributed by atoms with Crippen LogP contribution in [0.15, 0.2) is 24.3 Å². The summed E-state index contributed by atoms with van der Waals surface area (Å²) >= 11 is 0. The zero-order chi connectivity index (χ0) is 12.8. The SMILES string of the molecule is Cc1ccccc1C(=O)NCCN(O)C(N)=O. The van der Waals surface area contributed by atoms with Gasteiger partial charge in [-0.3, -0.25) is 10.0 Å². The van der Waals surface area contributed by atoms with Crippen LogP contribution in [0.1, 0.15) is 15.9 Å². The van der Waals surface area contributed by atoms with E-state index < -0.39 is 6.03 Å². The summed E-state index contributed by atoms with van der Waals surface area (Å²) in [7, 11) is 0. The molecule has 0 heterocycles. The molecule has 0 aliphatic rings. The largest absolute Gasteiger partial charge is 0.350 e. The van der Waals surface area contributed by atoms with Gasteiger partial charge in [0.25, 0.3) is 5.91 Å². The summed E-state index contributed by atoms with van der Waals surface area (Å²) in [6, 6.07) is 6.19. The predicted octanol–water partition coefficient (Wildman–Crippen LogP) is 0.495. The third kappa shape index (κ3) is 3.76. The fourth-order valence-corrected chi connectivity index (χ4v) is 1.31. The number of aryl methyl sites for hydroxylation is 1. The molecule has 0 saturated carbocycles. The Bertz CT molecular complexity index is 420. The molecule has 6 heteroatoms. The number of amides is 3. The lowest BCUT2D eigenvalue weighted by atomic mass is 10.1. The van der Waals surface area contributed by atoms with Gasteiger partial charge in [0, 0.05) is 12.1 Å². The molecule has 0 aromatic heterocycles. The highest BCUT2D eigenvalue weighted by Crippen LogP contribution is 2.05. The average molecular weight is 237 g/mol. The zero-order valence-corrected chi connectivity index (χ0v) is 9.51. The molecule has 0 radical (unpaired) electrons. The van der Waals surface area contributed by atoms with Crippen LogP contribution in [0, 0.1) is 6.92 Å². The fraction of sp³-hybridized carbons (Fsp3) is 0.273. The van der Waals surface area contributed by atoms with Gasteiger partial charge in [-0.15, -0.1) is 0 Å². The van der Waals surface area contributed by atoms with Crippen LogP contribution in [-0.4, -0.2) is 35.3 Å². The molecule has 1 rings (SSSR count). The molecule has 17 heavy (non-hydrogen) atoms. The molecule has 4 N–H and O–H groups in total. The normalized spacial score (nSPS) is 9.76. The van der Waals surface area contributed by atoms with E-state index in [4.69, 9.17) is 10.9 Å². The van der Waals surface area contributed by atoms with E-state index in [1.165, 1.54) is 0 Å². The summed E-state index contributed by atoms with van der Waals surface area (Å²) in [5, 5.41) is 11.9. The van der Waals surface area contributed by atoms with Crippen LogP contribution in [-0.2, 0) is 0 Å². The smallest absolute Gasteiger partial charge is 0.338 e. The molecule has 0 atom stereocenters. The second kappa shape index (κ2) is 5.86. The Morgan fingerprint density at radius 1 is 1.41 bits per heavy atom. The number of carbonyl (C=O) groups excluding carboxylic acids is 2. The molecule has 0 saturated heterocycles. The Kier molecular flexibility index (Phi) is 4.47. The van der Waals surface area contributed by atoms with E-state index >= 15 is 0 Å². The van der Waals surface area contributed by atoms with Gasteiger partial charge in [-0.25, -0.2) is 9.86 Å². The number of urea groups is 1. The van der Waals surface area contributed by atoms with Crippen molar-refractivity contribution in [1.82, 2.24) is 10.4 Å². The van der Waals surface area contributed by atoms with E-state index in [2.05, 4.69) is 5.32 Å². The molecule has 6 nitrogen and oxygen atoms in total. The van der Waals surface area contributed by atoms with Crippen molar-refractivity contribution < 1.29 is 14.8 Å². The van der Waals surface area contributed by atoms with Gasteiger partial charge in [-0.05, 0) is 18.6 Å². The number of hydrogen-bond donors (Lipinski definition) is 3. The van der Waals surface area contributed by atoms with Gasteiger partial charge in [0.15, 0.2) is 0 Å². The minimum absolute atomic E-state index is 0.0487. The minimum atomic E-state index is -0.949. The van der Waals surface area contributed by atoms with Gasteiger partial charge in [0.1, 0.15) is 0 Å². The van der Waals surface area contributed by atoms with Gasteiger partial charge >= 0.3 is 6.03 Å². The average Bonchev–Trinajstić information content (AvgIpc) is 2.29. The van der Waals surface area contributed by atoms with Gasteiger partial charge < -0.3 is 11.1 Å². The number of primary amides is 1. The van der Waals surface area contributed by atoms with E-state index in [-0.39, 0.29) is 19.0 Å². The molecule has 0 unspecified atom stereocenters. The molecule has 0 fully saturated rings. The van der Waals surface area contributed by atoms with Crippen molar-refractivity contribution >= 4 is 11.9 Å². The lowest BCUT2D eigenvalue weighted by Gasteiger charge is -2.12. The zero-order valence-electron chi connectivity index (χ0n) is 9.51. The Hall–Kier alpha value is -2.08. The Morgan fingerprint density at radius 2 is 2.06 bits per heavy atom. The molecular weight excluding hydrogens is 222 g/mol. The van der Waals surface area contributed by atoms with Gasteiger partial charge in [0.05, 0.1) is 6.54 Å². The van der Waals surface area contributed by atoms with Crippen molar-refractivity contribution in [3.63, 3.8) is 0 Å². The highest BCUT2D eigenvalue weighted by molar-refractivity contribution is 5.95. The summed E-state index contributed by atoms with van der Waals surface area (Å²) in [5.74, 6) is -0.249. The molecule has 0 aliphatic heterocycles. The van der Waals surface area contributed by atoms with Crippen molar-refractivity contribution in [2.45, 2.75) is 6.92 Å². The Balaban J connectivity index is 2.46. The topological polar surface area (TPSA) is 95.7 Å². The number of benzene rings is 1. The van der Waals surface area contributed by atoms with E-state index in [0.29, 0.717) is 10.6 Å². The molecule has 92 valence electrons. The molecule has 1 aromatic carbocycles. The van der Waals surface area contributed by atoms with Crippen molar-refractivity contribution in [2.24, 2.45) is 5.73 Å². The van der Waals surface area contributed by atoms with Crippen molar-refractivity contribution in [2.75, 3.05) is 13.1 Å². The third-order valence-electron chi connectivity index (χ3n) is 2.25. The van der Waals surface area contributed by atoms with Crippen LogP contribution in [0.4, 0.5) is 4.79 Å². The quantitative estimate of drug-likeness (QED) is 0.525. The first kappa shape index (κ1) is 13.0. The standard InChI is InChI=1S/C11H15N3O3/c1-8-4-2-3-5-9(8)10(15)13-6-7-14(17)11(12)16/h2-5,17H,6-7H2,1H3,(H2,12,16)(H,13,15). The minimum Gasteiger partial charge on any atom is -0.350 e. The summed E-state index contributed by atoms with van der Waals surface area (Å²) in [6.45, 7) is 1.91. The van der Waals surface area contributed by atoms with E-state index in [1.807, 2.05) is 19.1 Å². The van der Waals surface area contributed by atoms with Crippen LogP contribution < -0.4 is 11.1 Å². The Morgan fingerprint density at radius 3 is 2.65 bits per heavy atom. The first-order valence-corrected chi connectivity index (χ1v) is 5.12. The second-order valence-corrected chi connectivity index (χ2v) is 3.53. The van der Waals surface area contributed by atoms with Crippen LogP contribution >= 0.6 is 0 Å². The number of hydrogen-bond acceptors (Lipinski definition) is 3. The fourth-order valence-electron chi connectivity index (χ4n) is 1.31. The summed E-state index contributed by atoms with van der Waals surface area (Å²) in [6.07, 6.45) is 0. The lowest BCUT2D eigenvalue weighted by Crippen LogP contribution is -2.39. The third-order valence-corrected chi connectivity index (χ3v) is 2.25. The van der Waals surface area contributed by atoms with Crippen molar-refractivity contribution in [1.29, 1.82) is 0 Å². The first-order valence-electron chi connectivity index (χ1n) is 5.12. The second-order valence-electron chi connectivity index (χ2n) is 3.53. The number of carbonyl (C=O) groups is 2. The van der Waals surface area contributed by atoms with Crippen LogP contribution in [0.5, 0.6) is 0 Å². The van der Waals surface area contributed by atoms with Gasteiger partial charge in [-0.2, -0.15) is 0 Å². The molecule has 0 spiro atoms. The van der Waals surface area contributed by atoms with E-state index in [9.17, 15) is 9.59 Å². The molecule has 0 bridgehead atoms. The first-order chi connectivity index (χ1) is 8.02. The predicted molar refractivity (Wildman–Crippen MR) is 61.6 cm³/mol. The highest BCUT2D eigenvalue weighted by Gasteiger charge is 2.09. The summed E-state index contributed by atoms with van der Waals surface area (Å²) in [5.41, 5.74) is 6.24. The van der Waals surface area contributed by atoms with Crippen LogP contribution in [0.2, 0.25) is 0 Å². The van der Waals surface area contributed by atoms with Crippen molar-refractivity contribution in [3.05, 3.63) is 35.4 Å². The van der Waals surface area contributed by atoms with Crippen molar-refractivity contribution in [3.8, 4) is 0 Å². The Labute approximate surface area is 99.0 Å². The number of nitrogens with zero attached hydrogens (tertiary/aromatic N) is 1. The molecular formula is C11H15N3O3. The summed E-state index contributed by atoms with van der Waals surface area (Å²) in [4.78, 5) is 22.2. The molecule has 3 amide bonds. The molecule has 0 aliphatic carbocycles. The van der Waals surface area contributed by atoms with Crippen LogP contribution in [0.3, 0.4) is 0 Å².